The van der Waals surface area contributed by atoms with Gasteiger partial charge in [0, 0.05) is 25.9 Å². The standard InChI is InChI=1S/C14H25N3O2/c1-4-5-13(18)16-15-12-10-14(19-11(12)2)6-8-17(3)9-7-14/h11H,4-10H2,1-3H3,(H,16,18)/b15-12+. The van der Waals surface area contributed by atoms with Gasteiger partial charge in [-0.15, -0.1) is 0 Å². The van der Waals surface area contributed by atoms with Crippen molar-refractivity contribution in [3.63, 3.8) is 0 Å². The average Bonchev–Trinajstić information content (AvgIpc) is 2.68. The van der Waals surface area contributed by atoms with Crippen LogP contribution in [-0.4, -0.2) is 48.4 Å². The van der Waals surface area contributed by atoms with Gasteiger partial charge in [0.15, 0.2) is 0 Å². The molecule has 1 atom stereocenters. The van der Waals surface area contributed by atoms with Gasteiger partial charge in [-0.05, 0) is 33.2 Å². The number of carbonyl (C=O) groups excluding carboxylic acids is 1. The second kappa shape index (κ2) is 6.01. The van der Waals surface area contributed by atoms with Gasteiger partial charge in [0.05, 0.1) is 17.4 Å². The van der Waals surface area contributed by atoms with Crippen molar-refractivity contribution >= 4 is 11.6 Å². The molecular formula is C14H25N3O2. The van der Waals surface area contributed by atoms with E-state index in [4.69, 9.17) is 4.74 Å². The zero-order valence-corrected chi connectivity index (χ0v) is 12.2. The van der Waals surface area contributed by atoms with Gasteiger partial charge in [-0.1, -0.05) is 6.92 Å². The third-order valence-electron chi connectivity index (χ3n) is 4.10. The minimum atomic E-state index is -0.0414. The third-order valence-corrected chi connectivity index (χ3v) is 4.10. The van der Waals surface area contributed by atoms with E-state index in [1.54, 1.807) is 0 Å². The minimum absolute atomic E-state index is 0.00784. The Bertz CT molecular complexity index is 360. The molecule has 2 rings (SSSR count). The number of piperidine rings is 1. The number of nitrogens with one attached hydrogen (secondary N) is 1. The van der Waals surface area contributed by atoms with E-state index in [-0.39, 0.29) is 17.6 Å². The Morgan fingerprint density at radius 3 is 2.84 bits per heavy atom. The van der Waals surface area contributed by atoms with E-state index >= 15 is 0 Å². The van der Waals surface area contributed by atoms with Crippen LogP contribution in [0.3, 0.4) is 0 Å². The lowest BCUT2D eigenvalue weighted by Gasteiger charge is -2.36. The highest BCUT2D eigenvalue weighted by Gasteiger charge is 2.44. The summed E-state index contributed by atoms with van der Waals surface area (Å²) in [4.78, 5) is 13.8. The van der Waals surface area contributed by atoms with E-state index in [1.807, 2.05) is 13.8 Å². The maximum absolute atomic E-state index is 11.5. The first-order valence-corrected chi connectivity index (χ1v) is 7.26. The summed E-state index contributed by atoms with van der Waals surface area (Å²) in [5.74, 6) is -0.00784. The normalized spacial score (nSPS) is 29.0. The highest BCUT2D eigenvalue weighted by Crippen LogP contribution is 2.37. The Hall–Kier alpha value is -0.940. The summed E-state index contributed by atoms with van der Waals surface area (Å²) in [7, 11) is 2.14. The van der Waals surface area contributed by atoms with Crippen molar-refractivity contribution in [3.8, 4) is 0 Å². The quantitative estimate of drug-likeness (QED) is 0.789. The smallest absolute Gasteiger partial charge is 0.240 e. The number of ether oxygens (including phenoxy) is 1. The summed E-state index contributed by atoms with van der Waals surface area (Å²) >= 11 is 0. The molecule has 5 nitrogen and oxygen atoms in total. The molecule has 0 aliphatic carbocycles. The molecule has 0 bridgehead atoms. The number of nitrogens with zero attached hydrogens (tertiary/aromatic N) is 2. The van der Waals surface area contributed by atoms with E-state index in [9.17, 15) is 4.79 Å². The highest BCUT2D eigenvalue weighted by molar-refractivity contribution is 5.92. The number of hydrogen-bond acceptors (Lipinski definition) is 4. The predicted octanol–water partition coefficient (Wildman–Crippen LogP) is 1.53. The van der Waals surface area contributed by atoms with Crippen molar-refractivity contribution < 1.29 is 9.53 Å². The van der Waals surface area contributed by atoms with Gasteiger partial charge < -0.3 is 9.64 Å². The zero-order chi connectivity index (χ0) is 13.9. The summed E-state index contributed by atoms with van der Waals surface area (Å²) in [6.07, 6.45) is 4.35. The lowest BCUT2D eigenvalue weighted by molar-refractivity contribution is -0.121. The lowest BCUT2D eigenvalue weighted by Crippen LogP contribution is -2.42. The Labute approximate surface area is 115 Å². The third kappa shape index (κ3) is 3.54. The number of amides is 1. The largest absolute Gasteiger partial charge is 0.366 e. The van der Waals surface area contributed by atoms with Gasteiger partial charge in [0.1, 0.15) is 0 Å². The summed E-state index contributed by atoms with van der Waals surface area (Å²) in [6, 6.07) is 0. The molecule has 0 aromatic carbocycles. The van der Waals surface area contributed by atoms with Crippen LogP contribution in [0.1, 0.15) is 46.0 Å². The topological polar surface area (TPSA) is 53.9 Å². The SMILES string of the molecule is CCCC(=O)N/N=C1\CC2(CCN(C)CC2)OC1C. The predicted molar refractivity (Wildman–Crippen MR) is 75.1 cm³/mol. The number of likely N-dealkylation sites (tertiary alicyclic amines) is 1. The molecule has 108 valence electrons. The van der Waals surface area contributed by atoms with Gasteiger partial charge >= 0.3 is 0 Å². The molecule has 2 fully saturated rings. The molecule has 2 saturated heterocycles. The van der Waals surface area contributed by atoms with E-state index in [1.165, 1.54) is 0 Å². The monoisotopic (exact) mass is 267 g/mol. The van der Waals surface area contributed by atoms with Crippen LogP contribution in [0.2, 0.25) is 0 Å². The molecule has 2 aliphatic heterocycles. The molecule has 0 radical (unpaired) electrons. The van der Waals surface area contributed by atoms with Gasteiger partial charge in [0.2, 0.25) is 5.91 Å². The van der Waals surface area contributed by atoms with Crippen LogP contribution >= 0.6 is 0 Å². The minimum Gasteiger partial charge on any atom is -0.366 e. The van der Waals surface area contributed by atoms with Crippen LogP contribution in [0.15, 0.2) is 5.10 Å². The second-order valence-corrected chi connectivity index (χ2v) is 5.81. The Morgan fingerprint density at radius 1 is 1.53 bits per heavy atom. The Balaban J connectivity index is 1.93. The van der Waals surface area contributed by atoms with Crippen LogP contribution in [0.25, 0.3) is 0 Å². The van der Waals surface area contributed by atoms with Crippen molar-refractivity contribution in [3.05, 3.63) is 0 Å². The number of hydrazone groups is 1. The molecule has 1 spiro atoms. The van der Waals surface area contributed by atoms with Crippen LogP contribution in [0.4, 0.5) is 0 Å². The fourth-order valence-corrected chi connectivity index (χ4v) is 2.83. The second-order valence-electron chi connectivity index (χ2n) is 5.81. The van der Waals surface area contributed by atoms with E-state index < -0.39 is 0 Å². The van der Waals surface area contributed by atoms with Gasteiger partial charge in [0.25, 0.3) is 0 Å². The van der Waals surface area contributed by atoms with Crippen molar-refractivity contribution in [1.82, 2.24) is 10.3 Å². The van der Waals surface area contributed by atoms with Gasteiger partial charge in [-0.3, -0.25) is 4.79 Å². The molecule has 1 amide bonds. The van der Waals surface area contributed by atoms with Crippen LogP contribution in [-0.2, 0) is 9.53 Å². The van der Waals surface area contributed by atoms with E-state index in [0.29, 0.717) is 6.42 Å². The zero-order valence-electron chi connectivity index (χ0n) is 12.2. The molecule has 19 heavy (non-hydrogen) atoms. The summed E-state index contributed by atoms with van der Waals surface area (Å²) in [6.45, 7) is 6.16. The Morgan fingerprint density at radius 2 is 2.21 bits per heavy atom. The number of rotatable bonds is 3. The maximum Gasteiger partial charge on any atom is 0.240 e. The Kier molecular flexibility index (Phi) is 4.58. The van der Waals surface area contributed by atoms with Crippen LogP contribution in [0.5, 0.6) is 0 Å². The molecule has 2 heterocycles. The van der Waals surface area contributed by atoms with Crippen molar-refractivity contribution in [2.24, 2.45) is 5.10 Å². The van der Waals surface area contributed by atoms with Crippen LogP contribution in [0, 0.1) is 0 Å². The molecular weight excluding hydrogens is 242 g/mol. The first-order valence-electron chi connectivity index (χ1n) is 7.26. The lowest BCUT2D eigenvalue weighted by atomic mass is 9.88. The van der Waals surface area contributed by atoms with Crippen molar-refractivity contribution in [1.29, 1.82) is 0 Å². The fourth-order valence-electron chi connectivity index (χ4n) is 2.83. The van der Waals surface area contributed by atoms with Crippen molar-refractivity contribution in [2.75, 3.05) is 20.1 Å². The molecule has 0 aromatic heterocycles. The molecule has 1 unspecified atom stereocenters. The van der Waals surface area contributed by atoms with Gasteiger partial charge in [-0.2, -0.15) is 5.10 Å². The number of hydrogen-bond donors (Lipinski definition) is 1. The first kappa shape index (κ1) is 14.5. The molecule has 0 aromatic rings. The van der Waals surface area contributed by atoms with Gasteiger partial charge in [-0.25, -0.2) is 5.43 Å². The van der Waals surface area contributed by atoms with E-state index in [2.05, 4.69) is 22.5 Å². The molecule has 1 N–H and O–H groups in total. The summed E-state index contributed by atoms with van der Waals surface area (Å²) in [5, 5.41) is 4.27. The fraction of sp³-hybridized carbons (Fsp3) is 0.857. The van der Waals surface area contributed by atoms with Crippen molar-refractivity contribution in [2.45, 2.75) is 57.7 Å². The average molecular weight is 267 g/mol. The first-order chi connectivity index (χ1) is 9.04. The maximum atomic E-state index is 11.5. The molecule has 5 heteroatoms. The number of carbonyl (C=O) groups is 1. The molecule has 0 saturated carbocycles. The molecule has 2 aliphatic rings. The van der Waals surface area contributed by atoms with E-state index in [0.717, 1.165) is 44.5 Å². The summed E-state index contributed by atoms with van der Waals surface area (Å²) in [5.41, 5.74) is 3.58. The summed E-state index contributed by atoms with van der Waals surface area (Å²) < 4.78 is 6.13. The van der Waals surface area contributed by atoms with Crippen LogP contribution < -0.4 is 5.43 Å². The highest BCUT2D eigenvalue weighted by atomic mass is 16.5.